The molecule has 0 spiro atoms. The molecule has 0 unspecified atom stereocenters. The van der Waals surface area contributed by atoms with Crippen LogP contribution in [-0.4, -0.2) is 59.1 Å². The zero-order valence-electron chi connectivity index (χ0n) is 13.5. The number of piperidine rings is 1. The molecule has 0 atom stereocenters. The van der Waals surface area contributed by atoms with E-state index in [4.69, 9.17) is 4.52 Å². The standard InChI is InChI=1S/C15H26N4O2/c1-11(2)15-16-13(21-17-15)5-6-14(20)19-9-7-12(8-10-19)18(3)4/h11-12H,5-10H2,1-4H3. The van der Waals surface area contributed by atoms with Crippen molar-refractivity contribution in [3.05, 3.63) is 11.7 Å². The Balaban J connectivity index is 1.77. The first-order valence-corrected chi connectivity index (χ1v) is 7.74. The maximum absolute atomic E-state index is 12.2. The summed E-state index contributed by atoms with van der Waals surface area (Å²) in [5.41, 5.74) is 0. The summed E-state index contributed by atoms with van der Waals surface area (Å²) >= 11 is 0. The van der Waals surface area contributed by atoms with Crippen molar-refractivity contribution in [1.29, 1.82) is 0 Å². The molecular weight excluding hydrogens is 268 g/mol. The molecule has 0 aromatic carbocycles. The highest BCUT2D eigenvalue weighted by Gasteiger charge is 2.24. The summed E-state index contributed by atoms with van der Waals surface area (Å²) in [7, 11) is 4.20. The molecule has 0 bridgehead atoms. The molecule has 1 amide bonds. The molecule has 0 N–H and O–H groups in total. The summed E-state index contributed by atoms with van der Waals surface area (Å²) in [6.45, 7) is 5.74. The van der Waals surface area contributed by atoms with Crippen LogP contribution >= 0.6 is 0 Å². The number of carbonyl (C=O) groups is 1. The highest BCUT2D eigenvalue weighted by Crippen LogP contribution is 2.16. The largest absolute Gasteiger partial charge is 0.343 e. The molecule has 0 aliphatic carbocycles. The number of amides is 1. The van der Waals surface area contributed by atoms with E-state index in [1.807, 2.05) is 18.7 Å². The molecule has 0 radical (unpaired) electrons. The van der Waals surface area contributed by atoms with Crippen LogP contribution in [0.15, 0.2) is 4.52 Å². The molecule has 21 heavy (non-hydrogen) atoms. The molecule has 1 saturated heterocycles. The molecule has 2 rings (SSSR count). The van der Waals surface area contributed by atoms with Gasteiger partial charge >= 0.3 is 0 Å². The minimum absolute atomic E-state index is 0.191. The zero-order chi connectivity index (χ0) is 15.4. The Morgan fingerprint density at radius 3 is 2.57 bits per heavy atom. The predicted octanol–water partition coefficient (Wildman–Crippen LogP) is 1.68. The molecule has 0 saturated carbocycles. The van der Waals surface area contributed by atoms with E-state index in [0.29, 0.717) is 30.6 Å². The number of hydrogen-bond donors (Lipinski definition) is 0. The van der Waals surface area contributed by atoms with Gasteiger partial charge in [0.05, 0.1) is 0 Å². The molecule has 6 heteroatoms. The molecule has 2 heterocycles. The number of hydrogen-bond acceptors (Lipinski definition) is 5. The van der Waals surface area contributed by atoms with E-state index in [0.717, 1.165) is 25.9 Å². The Bertz CT molecular complexity index is 462. The van der Waals surface area contributed by atoms with E-state index in [2.05, 4.69) is 29.1 Å². The Kier molecular flexibility index (Phi) is 5.33. The SMILES string of the molecule is CC(C)c1noc(CCC(=O)N2CCC(N(C)C)CC2)n1. The zero-order valence-corrected chi connectivity index (χ0v) is 13.5. The van der Waals surface area contributed by atoms with Crippen molar-refractivity contribution in [3.63, 3.8) is 0 Å². The quantitative estimate of drug-likeness (QED) is 0.827. The van der Waals surface area contributed by atoms with Crippen LogP contribution in [0.4, 0.5) is 0 Å². The summed E-state index contributed by atoms with van der Waals surface area (Å²) in [6, 6.07) is 0.596. The highest BCUT2D eigenvalue weighted by atomic mass is 16.5. The fourth-order valence-electron chi connectivity index (χ4n) is 2.61. The van der Waals surface area contributed by atoms with Crippen LogP contribution in [0.5, 0.6) is 0 Å². The van der Waals surface area contributed by atoms with Crippen molar-refractivity contribution in [3.8, 4) is 0 Å². The highest BCUT2D eigenvalue weighted by molar-refractivity contribution is 5.76. The van der Waals surface area contributed by atoms with Crippen LogP contribution in [-0.2, 0) is 11.2 Å². The van der Waals surface area contributed by atoms with E-state index in [-0.39, 0.29) is 11.8 Å². The first kappa shape index (κ1) is 15.9. The number of carbonyl (C=O) groups excluding carboxylic acids is 1. The molecule has 1 aliphatic rings. The number of nitrogens with zero attached hydrogens (tertiary/aromatic N) is 4. The first-order valence-electron chi connectivity index (χ1n) is 7.74. The van der Waals surface area contributed by atoms with Gasteiger partial charge in [0.1, 0.15) is 0 Å². The lowest BCUT2D eigenvalue weighted by molar-refractivity contribution is -0.132. The van der Waals surface area contributed by atoms with Crippen molar-refractivity contribution in [2.45, 2.75) is 51.5 Å². The fourth-order valence-corrected chi connectivity index (χ4v) is 2.61. The molecule has 1 fully saturated rings. The van der Waals surface area contributed by atoms with Crippen molar-refractivity contribution in [2.75, 3.05) is 27.2 Å². The Morgan fingerprint density at radius 2 is 2.05 bits per heavy atom. The topological polar surface area (TPSA) is 62.5 Å². The second-order valence-corrected chi connectivity index (χ2v) is 6.28. The predicted molar refractivity (Wildman–Crippen MR) is 80.0 cm³/mol. The van der Waals surface area contributed by atoms with Gasteiger partial charge in [-0.3, -0.25) is 4.79 Å². The third-order valence-corrected chi connectivity index (χ3v) is 4.10. The van der Waals surface area contributed by atoms with E-state index < -0.39 is 0 Å². The summed E-state index contributed by atoms with van der Waals surface area (Å²) in [4.78, 5) is 20.7. The molecular formula is C15H26N4O2. The average Bonchev–Trinajstić information content (AvgIpc) is 2.94. The van der Waals surface area contributed by atoms with Crippen LogP contribution < -0.4 is 0 Å². The molecule has 1 aromatic heterocycles. The normalized spacial score (nSPS) is 17.0. The first-order chi connectivity index (χ1) is 9.97. The fraction of sp³-hybridized carbons (Fsp3) is 0.800. The lowest BCUT2D eigenvalue weighted by Crippen LogP contribution is -2.44. The maximum Gasteiger partial charge on any atom is 0.227 e. The van der Waals surface area contributed by atoms with Crippen LogP contribution in [0.25, 0.3) is 0 Å². The van der Waals surface area contributed by atoms with Gasteiger partial charge in [-0.2, -0.15) is 4.98 Å². The van der Waals surface area contributed by atoms with Gasteiger partial charge in [-0.25, -0.2) is 0 Å². The summed E-state index contributed by atoms with van der Waals surface area (Å²) < 4.78 is 5.17. The number of aromatic nitrogens is 2. The van der Waals surface area contributed by atoms with E-state index in [1.165, 1.54) is 0 Å². The summed E-state index contributed by atoms with van der Waals surface area (Å²) in [5, 5.41) is 3.92. The minimum atomic E-state index is 0.191. The third-order valence-electron chi connectivity index (χ3n) is 4.10. The van der Waals surface area contributed by atoms with E-state index in [1.54, 1.807) is 0 Å². The monoisotopic (exact) mass is 294 g/mol. The van der Waals surface area contributed by atoms with E-state index in [9.17, 15) is 4.79 Å². The van der Waals surface area contributed by atoms with Crippen molar-refractivity contribution < 1.29 is 9.32 Å². The van der Waals surface area contributed by atoms with Gasteiger partial charge in [-0.15, -0.1) is 0 Å². The van der Waals surface area contributed by atoms with Gasteiger partial charge in [0.2, 0.25) is 11.8 Å². The average molecular weight is 294 g/mol. The third kappa shape index (κ3) is 4.27. The van der Waals surface area contributed by atoms with Gasteiger partial charge in [-0.1, -0.05) is 19.0 Å². The molecule has 118 valence electrons. The lowest BCUT2D eigenvalue weighted by atomic mass is 10.0. The maximum atomic E-state index is 12.2. The van der Waals surface area contributed by atoms with Gasteiger partial charge in [-0.05, 0) is 26.9 Å². The van der Waals surface area contributed by atoms with Crippen LogP contribution in [0.2, 0.25) is 0 Å². The second-order valence-electron chi connectivity index (χ2n) is 6.28. The van der Waals surface area contributed by atoms with Gasteiger partial charge < -0.3 is 14.3 Å². The van der Waals surface area contributed by atoms with Gasteiger partial charge in [0.15, 0.2) is 5.82 Å². The van der Waals surface area contributed by atoms with Gasteiger partial charge in [0, 0.05) is 37.9 Å². The number of rotatable bonds is 5. The molecule has 1 aromatic rings. The Morgan fingerprint density at radius 1 is 1.38 bits per heavy atom. The second kappa shape index (κ2) is 7.02. The Labute approximate surface area is 126 Å². The lowest BCUT2D eigenvalue weighted by Gasteiger charge is -2.35. The minimum Gasteiger partial charge on any atom is -0.343 e. The number of likely N-dealkylation sites (tertiary alicyclic amines) is 1. The van der Waals surface area contributed by atoms with Gasteiger partial charge in [0.25, 0.3) is 0 Å². The summed E-state index contributed by atoms with van der Waals surface area (Å²) in [5.74, 6) is 1.72. The number of aryl methyl sites for hydroxylation is 1. The van der Waals surface area contributed by atoms with Crippen molar-refractivity contribution >= 4 is 5.91 Å². The summed E-state index contributed by atoms with van der Waals surface area (Å²) in [6.07, 6.45) is 3.09. The molecule has 1 aliphatic heterocycles. The smallest absolute Gasteiger partial charge is 0.227 e. The molecule has 6 nitrogen and oxygen atoms in total. The van der Waals surface area contributed by atoms with E-state index >= 15 is 0 Å². The van der Waals surface area contributed by atoms with Crippen LogP contribution in [0.3, 0.4) is 0 Å². The van der Waals surface area contributed by atoms with Crippen LogP contribution in [0.1, 0.15) is 50.7 Å². The van der Waals surface area contributed by atoms with Crippen LogP contribution in [0, 0.1) is 0 Å². The van der Waals surface area contributed by atoms with Crippen molar-refractivity contribution in [1.82, 2.24) is 19.9 Å². The van der Waals surface area contributed by atoms with Crippen molar-refractivity contribution in [2.24, 2.45) is 0 Å². The Hall–Kier alpha value is -1.43.